The van der Waals surface area contributed by atoms with Crippen molar-refractivity contribution in [3.05, 3.63) is 103 Å². The third kappa shape index (κ3) is 9.38. The van der Waals surface area contributed by atoms with E-state index < -0.39 is 6.04 Å². The third-order valence-corrected chi connectivity index (χ3v) is 9.25. The van der Waals surface area contributed by atoms with Crippen LogP contribution in [0.5, 0.6) is 0 Å². The second-order valence-electron chi connectivity index (χ2n) is 10.9. The summed E-state index contributed by atoms with van der Waals surface area (Å²) in [6.07, 6.45) is 9.24. The van der Waals surface area contributed by atoms with Crippen LogP contribution in [-0.4, -0.2) is 47.4 Å². The van der Waals surface area contributed by atoms with E-state index in [-0.39, 0.29) is 41.5 Å². The maximum Gasteiger partial charge on any atom is 0.242 e. The van der Waals surface area contributed by atoms with Gasteiger partial charge in [0.05, 0.1) is 12.5 Å². The molecule has 2 aromatic rings. The highest BCUT2D eigenvalue weighted by Crippen LogP contribution is 2.36. The Hall–Kier alpha value is -3.78. The first kappa shape index (κ1) is 31.2. The number of para-hydroxylation sites is 1. The van der Waals surface area contributed by atoms with Gasteiger partial charge in [-0.2, -0.15) is 11.8 Å². The molecule has 3 amide bonds. The van der Waals surface area contributed by atoms with Crippen molar-refractivity contribution in [2.45, 2.75) is 62.3 Å². The number of thioether (sulfide) groups is 1. The molecule has 0 radical (unpaired) electrons. The molecule has 1 aliphatic heterocycles. The minimum atomic E-state index is -0.413. The summed E-state index contributed by atoms with van der Waals surface area (Å²) in [6.45, 7) is 7.67. The molecule has 2 aliphatic rings. The fraction of sp³-hybridized carbons (Fsp3) is 0.382. The van der Waals surface area contributed by atoms with Gasteiger partial charge in [0.1, 0.15) is 6.04 Å². The van der Waals surface area contributed by atoms with Gasteiger partial charge in [-0.15, -0.1) is 0 Å². The molecule has 0 bridgehead atoms. The molecule has 1 heterocycles. The molecule has 2 aromatic carbocycles. The Morgan fingerprint density at radius 1 is 1.00 bits per heavy atom. The maximum atomic E-state index is 13.0. The van der Waals surface area contributed by atoms with Gasteiger partial charge in [0.2, 0.25) is 17.7 Å². The zero-order valence-corrected chi connectivity index (χ0v) is 25.0. The molecule has 4 rings (SSSR count). The molecular formula is C34H42N4O3S. The van der Waals surface area contributed by atoms with Gasteiger partial charge in [-0.3, -0.25) is 14.4 Å². The summed E-state index contributed by atoms with van der Waals surface area (Å²) in [5.41, 5.74) is 3.72. The fourth-order valence-corrected chi connectivity index (χ4v) is 7.08. The van der Waals surface area contributed by atoms with Gasteiger partial charge in [-0.25, -0.2) is 0 Å². The second kappa shape index (κ2) is 16.0. The van der Waals surface area contributed by atoms with Gasteiger partial charge in [0, 0.05) is 22.7 Å². The van der Waals surface area contributed by atoms with E-state index in [0.29, 0.717) is 19.3 Å². The highest BCUT2D eigenvalue weighted by atomic mass is 32.2. The van der Waals surface area contributed by atoms with Crippen molar-refractivity contribution in [3.8, 4) is 0 Å². The summed E-state index contributed by atoms with van der Waals surface area (Å²) in [4.78, 5) is 38.7. The van der Waals surface area contributed by atoms with Crippen LogP contribution < -0.4 is 21.3 Å². The summed E-state index contributed by atoms with van der Waals surface area (Å²) < 4.78 is 0. The van der Waals surface area contributed by atoms with Crippen LogP contribution in [0, 0.1) is 5.92 Å². The Kier molecular flexibility index (Phi) is 11.9. The lowest BCUT2D eigenvalue weighted by molar-refractivity contribution is -0.127. The zero-order chi connectivity index (χ0) is 29.7. The number of anilines is 1. The monoisotopic (exact) mass is 586 g/mol. The number of rotatable bonds is 13. The van der Waals surface area contributed by atoms with Crippen molar-refractivity contribution in [3.63, 3.8) is 0 Å². The molecule has 222 valence electrons. The minimum absolute atomic E-state index is 0.0139. The first-order chi connectivity index (χ1) is 20.4. The minimum Gasteiger partial charge on any atom is -0.373 e. The predicted molar refractivity (Wildman–Crippen MR) is 172 cm³/mol. The number of carbonyl (C=O) groups is 3. The van der Waals surface area contributed by atoms with Gasteiger partial charge in [0.15, 0.2) is 0 Å². The van der Waals surface area contributed by atoms with Crippen molar-refractivity contribution >= 4 is 35.2 Å². The Bertz CT molecular complexity index is 1260. The molecule has 1 saturated heterocycles. The zero-order valence-electron chi connectivity index (χ0n) is 24.1. The van der Waals surface area contributed by atoms with Gasteiger partial charge >= 0.3 is 0 Å². The van der Waals surface area contributed by atoms with Crippen molar-refractivity contribution in [2.75, 3.05) is 17.6 Å². The summed E-state index contributed by atoms with van der Waals surface area (Å²) in [7, 11) is 0. The van der Waals surface area contributed by atoms with E-state index in [2.05, 4.69) is 46.6 Å². The van der Waals surface area contributed by atoms with Crippen LogP contribution in [0.2, 0.25) is 0 Å². The molecule has 4 N–H and O–H groups in total. The molecule has 1 saturated carbocycles. The molecule has 2 fully saturated rings. The largest absolute Gasteiger partial charge is 0.373 e. The quantitative estimate of drug-likeness (QED) is 0.261. The number of carbonyl (C=O) groups excluding carboxylic acids is 3. The predicted octanol–water partition coefficient (Wildman–Crippen LogP) is 5.14. The maximum absolute atomic E-state index is 13.0. The summed E-state index contributed by atoms with van der Waals surface area (Å²) >= 11 is 1.83. The molecule has 0 spiro atoms. The number of amides is 3. The van der Waals surface area contributed by atoms with Crippen molar-refractivity contribution in [2.24, 2.45) is 5.92 Å². The first-order valence-corrected chi connectivity index (χ1v) is 15.8. The van der Waals surface area contributed by atoms with Crippen molar-refractivity contribution < 1.29 is 14.4 Å². The number of hydrogen-bond donors (Lipinski definition) is 4. The Morgan fingerprint density at radius 2 is 1.74 bits per heavy atom. The van der Waals surface area contributed by atoms with E-state index in [9.17, 15) is 14.4 Å². The Balaban J connectivity index is 1.28. The molecule has 7 nitrogen and oxygen atoms in total. The molecule has 0 aromatic heterocycles. The van der Waals surface area contributed by atoms with Crippen LogP contribution in [0.3, 0.4) is 0 Å². The molecule has 42 heavy (non-hydrogen) atoms. The standard InChI is InChI=1S/C34H42N4O3S/c1-3-11-29-24(2)18-19-30(38-29)34(41)35-23-32(39)36-27(22-25-12-6-4-7-13-25)20-21-42-31-17-10-16-28(31)33(40)37-26-14-8-5-9-15-26/h3-9,11-15,27-28,30-31,38H,1-2,10,16-23H2,(H,35,41)(H,36,39)(H,37,40)/b29-11+/t27-,28-,30?,31-/m1/s1. The lowest BCUT2D eigenvalue weighted by Crippen LogP contribution is -2.49. The number of benzene rings is 2. The van der Waals surface area contributed by atoms with Crippen LogP contribution >= 0.6 is 11.8 Å². The smallest absolute Gasteiger partial charge is 0.242 e. The lowest BCUT2D eigenvalue weighted by atomic mass is 9.97. The SMILES string of the molecule is C=C/C=C1/NC(C(=O)NCC(=O)N[C@H](CCS[C@@H]2CCC[C@H]2C(=O)Nc2ccccc2)Cc2ccccc2)CCC1=C. The van der Waals surface area contributed by atoms with E-state index in [4.69, 9.17) is 0 Å². The average Bonchev–Trinajstić information content (AvgIpc) is 3.47. The van der Waals surface area contributed by atoms with E-state index in [1.54, 1.807) is 6.08 Å². The number of nitrogens with one attached hydrogen (secondary N) is 4. The first-order valence-electron chi connectivity index (χ1n) is 14.8. The highest BCUT2D eigenvalue weighted by Gasteiger charge is 2.33. The second-order valence-corrected chi connectivity index (χ2v) is 12.3. The molecule has 1 aliphatic carbocycles. The number of hydrogen-bond acceptors (Lipinski definition) is 5. The summed E-state index contributed by atoms with van der Waals surface area (Å²) in [6, 6.07) is 19.2. The van der Waals surface area contributed by atoms with Gasteiger partial charge in [-0.1, -0.05) is 74.2 Å². The van der Waals surface area contributed by atoms with E-state index >= 15 is 0 Å². The number of piperidine rings is 1. The molecule has 4 atom stereocenters. The van der Waals surface area contributed by atoms with Crippen LogP contribution in [0.25, 0.3) is 0 Å². The number of allylic oxidation sites excluding steroid dienone is 3. The van der Waals surface area contributed by atoms with E-state index in [0.717, 1.165) is 54.0 Å². The van der Waals surface area contributed by atoms with E-state index in [1.807, 2.05) is 66.4 Å². The highest BCUT2D eigenvalue weighted by molar-refractivity contribution is 7.99. The lowest BCUT2D eigenvalue weighted by Gasteiger charge is -2.27. The van der Waals surface area contributed by atoms with Gasteiger partial charge in [0.25, 0.3) is 0 Å². The van der Waals surface area contributed by atoms with Crippen molar-refractivity contribution in [1.82, 2.24) is 16.0 Å². The van der Waals surface area contributed by atoms with Crippen molar-refractivity contribution in [1.29, 1.82) is 0 Å². The summed E-state index contributed by atoms with van der Waals surface area (Å²) in [5.74, 6) is 0.490. The van der Waals surface area contributed by atoms with Crippen LogP contribution in [0.15, 0.2) is 97.2 Å². The molecule has 1 unspecified atom stereocenters. The van der Waals surface area contributed by atoms with Crippen LogP contribution in [0.1, 0.15) is 44.1 Å². The third-order valence-electron chi connectivity index (χ3n) is 7.79. The topological polar surface area (TPSA) is 99.3 Å². The fourth-order valence-electron chi connectivity index (χ4n) is 5.53. The van der Waals surface area contributed by atoms with E-state index in [1.165, 1.54) is 0 Å². The molecule has 8 heteroatoms. The molecular weight excluding hydrogens is 544 g/mol. The van der Waals surface area contributed by atoms with Crippen LogP contribution in [0.4, 0.5) is 5.69 Å². The van der Waals surface area contributed by atoms with Crippen LogP contribution in [-0.2, 0) is 20.8 Å². The Labute approximate surface area is 253 Å². The Morgan fingerprint density at radius 3 is 2.48 bits per heavy atom. The average molecular weight is 587 g/mol. The summed E-state index contributed by atoms with van der Waals surface area (Å²) in [5, 5.41) is 12.5. The van der Waals surface area contributed by atoms with Gasteiger partial charge in [-0.05, 0) is 73.6 Å². The normalized spacial score (nSPS) is 21.7. The van der Waals surface area contributed by atoms with Gasteiger partial charge < -0.3 is 21.3 Å².